The Morgan fingerprint density at radius 3 is 2.47 bits per heavy atom. The molecule has 0 aromatic rings. The number of nitrogens with two attached hydrogens (primary N) is 1. The molecular formula is C12H25N3. The summed E-state index contributed by atoms with van der Waals surface area (Å²) in [6.07, 6.45) is 7.51. The van der Waals surface area contributed by atoms with Gasteiger partial charge < -0.3 is 5.73 Å². The molecule has 88 valence electrons. The summed E-state index contributed by atoms with van der Waals surface area (Å²) in [4.78, 5) is 2.53. The average Bonchev–Trinajstić information content (AvgIpc) is 2.19. The topological polar surface area (TPSA) is 53.1 Å². The molecule has 0 radical (unpaired) electrons. The second-order valence-corrected chi connectivity index (χ2v) is 4.70. The Balaban J connectivity index is 2.48. The maximum absolute atomic E-state index is 7.36. The first-order chi connectivity index (χ1) is 7.15. The lowest BCUT2D eigenvalue weighted by Crippen LogP contribution is -2.44. The van der Waals surface area contributed by atoms with Crippen molar-refractivity contribution < 1.29 is 0 Å². The maximum Gasteiger partial charge on any atom is 0.0920 e. The molecule has 1 aliphatic rings. The molecule has 0 heterocycles. The highest BCUT2D eigenvalue weighted by atomic mass is 15.2. The van der Waals surface area contributed by atoms with Crippen molar-refractivity contribution in [3.05, 3.63) is 0 Å². The Kier molecular flexibility index (Phi) is 5.09. The smallest absolute Gasteiger partial charge is 0.0920 e. The van der Waals surface area contributed by atoms with Gasteiger partial charge in [0.05, 0.1) is 5.84 Å². The summed E-state index contributed by atoms with van der Waals surface area (Å²) in [5, 5.41) is 7.36. The van der Waals surface area contributed by atoms with Crippen LogP contribution in [0, 0.1) is 5.41 Å². The van der Waals surface area contributed by atoms with Crippen molar-refractivity contribution in [2.45, 2.75) is 64.5 Å². The van der Waals surface area contributed by atoms with Gasteiger partial charge in [-0.25, -0.2) is 0 Å². The van der Waals surface area contributed by atoms with Crippen LogP contribution in [0.1, 0.15) is 52.4 Å². The standard InChI is InChI=1S/C12H25N3/c1-3-15(10(2)9-12(13)14)11-7-5-4-6-8-11/h10-11H,3-9H2,1-2H3,(H3,13,14). The molecule has 3 heteroatoms. The van der Waals surface area contributed by atoms with Gasteiger partial charge in [-0.15, -0.1) is 0 Å². The molecule has 1 atom stereocenters. The fourth-order valence-corrected chi connectivity index (χ4v) is 2.78. The fraction of sp³-hybridized carbons (Fsp3) is 0.917. The normalized spacial score (nSPS) is 20.5. The molecule has 0 saturated heterocycles. The molecule has 0 bridgehead atoms. The maximum atomic E-state index is 7.36. The zero-order valence-electron chi connectivity index (χ0n) is 10.1. The molecule has 1 saturated carbocycles. The summed E-state index contributed by atoms with van der Waals surface area (Å²) in [6.45, 7) is 5.49. The largest absolute Gasteiger partial charge is 0.388 e. The minimum atomic E-state index is 0.316. The predicted molar refractivity (Wildman–Crippen MR) is 65.2 cm³/mol. The second kappa shape index (κ2) is 6.11. The lowest BCUT2D eigenvalue weighted by atomic mass is 9.93. The van der Waals surface area contributed by atoms with Crippen LogP contribution >= 0.6 is 0 Å². The van der Waals surface area contributed by atoms with Crippen LogP contribution in [0.15, 0.2) is 0 Å². The molecule has 0 spiro atoms. The summed E-state index contributed by atoms with van der Waals surface area (Å²) < 4.78 is 0. The number of rotatable bonds is 5. The quantitative estimate of drug-likeness (QED) is 0.542. The molecule has 15 heavy (non-hydrogen) atoms. The summed E-state index contributed by atoms with van der Waals surface area (Å²) in [5.74, 6) is 0.316. The van der Waals surface area contributed by atoms with Crippen molar-refractivity contribution in [1.82, 2.24) is 4.90 Å². The van der Waals surface area contributed by atoms with Crippen LogP contribution in [0.2, 0.25) is 0 Å². The van der Waals surface area contributed by atoms with Crippen molar-refractivity contribution in [2.24, 2.45) is 5.73 Å². The molecule has 1 fully saturated rings. The van der Waals surface area contributed by atoms with Gasteiger partial charge in [0.15, 0.2) is 0 Å². The van der Waals surface area contributed by atoms with Crippen LogP contribution < -0.4 is 5.73 Å². The zero-order chi connectivity index (χ0) is 11.3. The highest BCUT2D eigenvalue weighted by Crippen LogP contribution is 2.24. The number of nitrogens with one attached hydrogen (secondary N) is 1. The van der Waals surface area contributed by atoms with Gasteiger partial charge in [-0.2, -0.15) is 0 Å². The van der Waals surface area contributed by atoms with E-state index >= 15 is 0 Å². The van der Waals surface area contributed by atoms with Crippen LogP contribution in [0.25, 0.3) is 0 Å². The summed E-state index contributed by atoms with van der Waals surface area (Å²) in [6, 6.07) is 1.16. The highest BCUT2D eigenvalue weighted by Gasteiger charge is 2.23. The number of hydrogen-bond acceptors (Lipinski definition) is 2. The van der Waals surface area contributed by atoms with E-state index in [1.807, 2.05) is 0 Å². The molecule has 1 unspecified atom stereocenters. The number of amidine groups is 1. The van der Waals surface area contributed by atoms with Crippen LogP contribution in [-0.2, 0) is 0 Å². The predicted octanol–water partition coefficient (Wildman–Crippen LogP) is 2.36. The van der Waals surface area contributed by atoms with Gasteiger partial charge in [0.25, 0.3) is 0 Å². The molecule has 3 N–H and O–H groups in total. The van der Waals surface area contributed by atoms with Crippen LogP contribution in [0.5, 0.6) is 0 Å². The second-order valence-electron chi connectivity index (χ2n) is 4.70. The van der Waals surface area contributed by atoms with Crippen LogP contribution in [0.3, 0.4) is 0 Å². The fourth-order valence-electron chi connectivity index (χ4n) is 2.78. The van der Waals surface area contributed by atoms with E-state index in [1.165, 1.54) is 32.1 Å². The van der Waals surface area contributed by atoms with Gasteiger partial charge >= 0.3 is 0 Å². The van der Waals surface area contributed by atoms with E-state index in [-0.39, 0.29) is 0 Å². The van der Waals surface area contributed by atoms with Crippen LogP contribution in [-0.4, -0.2) is 29.4 Å². The van der Waals surface area contributed by atoms with Gasteiger partial charge in [-0.3, -0.25) is 10.3 Å². The molecule has 0 aromatic heterocycles. The monoisotopic (exact) mass is 211 g/mol. The first kappa shape index (κ1) is 12.5. The first-order valence-corrected chi connectivity index (χ1v) is 6.23. The third kappa shape index (κ3) is 3.82. The Labute approximate surface area is 93.5 Å². The molecular weight excluding hydrogens is 186 g/mol. The molecule has 1 aliphatic carbocycles. The van der Waals surface area contributed by atoms with Gasteiger partial charge in [-0.1, -0.05) is 26.2 Å². The Morgan fingerprint density at radius 1 is 1.40 bits per heavy atom. The van der Waals surface area contributed by atoms with Crippen molar-refractivity contribution in [3.63, 3.8) is 0 Å². The highest BCUT2D eigenvalue weighted by molar-refractivity contribution is 5.77. The van der Waals surface area contributed by atoms with Gasteiger partial charge in [-0.05, 0) is 26.3 Å². The Hall–Kier alpha value is -0.570. The first-order valence-electron chi connectivity index (χ1n) is 6.23. The van der Waals surface area contributed by atoms with E-state index in [4.69, 9.17) is 11.1 Å². The van der Waals surface area contributed by atoms with Crippen LogP contribution in [0.4, 0.5) is 0 Å². The number of nitrogens with zero attached hydrogens (tertiary/aromatic N) is 1. The molecule has 1 rings (SSSR count). The minimum Gasteiger partial charge on any atom is -0.388 e. The molecule has 0 aromatic carbocycles. The lowest BCUT2D eigenvalue weighted by molar-refractivity contribution is 0.122. The lowest BCUT2D eigenvalue weighted by Gasteiger charge is -2.37. The number of hydrogen-bond donors (Lipinski definition) is 2. The van der Waals surface area contributed by atoms with E-state index < -0.39 is 0 Å². The third-order valence-electron chi connectivity index (χ3n) is 3.49. The Bertz CT molecular complexity index is 197. The van der Waals surface area contributed by atoms with Gasteiger partial charge in [0.2, 0.25) is 0 Å². The van der Waals surface area contributed by atoms with Crippen molar-refractivity contribution in [1.29, 1.82) is 5.41 Å². The van der Waals surface area contributed by atoms with Gasteiger partial charge in [0.1, 0.15) is 0 Å². The van der Waals surface area contributed by atoms with Crippen molar-refractivity contribution >= 4 is 5.84 Å². The molecule has 3 nitrogen and oxygen atoms in total. The molecule has 0 amide bonds. The summed E-state index contributed by atoms with van der Waals surface area (Å²) >= 11 is 0. The SMILES string of the molecule is CCN(C(C)CC(=N)N)C1CCCCC1. The van der Waals surface area contributed by atoms with Gasteiger partial charge in [0, 0.05) is 18.5 Å². The van der Waals surface area contributed by atoms with E-state index in [0.717, 1.165) is 12.6 Å². The van der Waals surface area contributed by atoms with E-state index in [2.05, 4.69) is 18.7 Å². The van der Waals surface area contributed by atoms with Crippen molar-refractivity contribution in [3.8, 4) is 0 Å². The van der Waals surface area contributed by atoms with Crippen molar-refractivity contribution in [2.75, 3.05) is 6.54 Å². The summed E-state index contributed by atoms with van der Waals surface area (Å²) in [7, 11) is 0. The Morgan fingerprint density at radius 2 is 2.00 bits per heavy atom. The zero-order valence-corrected chi connectivity index (χ0v) is 10.1. The minimum absolute atomic E-state index is 0.316. The van der Waals surface area contributed by atoms with E-state index in [9.17, 15) is 0 Å². The van der Waals surface area contributed by atoms with E-state index in [1.54, 1.807) is 0 Å². The average molecular weight is 211 g/mol. The molecule has 0 aliphatic heterocycles. The summed E-state index contributed by atoms with van der Waals surface area (Å²) in [5.41, 5.74) is 5.47. The third-order valence-corrected chi connectivity index (χ3v) is 3.49. The van der Waals surface area contributed by atoms with E-state index in [0.29, 0.717) is 18.3 Å².